The van der Waals surface area contributed by atoms with Crippen LogP contribution >= 0.6 is 0 Å². The number of ether oxygens (including phenoxy) is 1. The van der Waals surface area contributed by atoms with Crippen LogP contribution in [0.4, 0.5) is 0 Å². The average Bonchev–Trinajstić information content (AvgIpc) is 2.43. The molecule has 104 valence electrons. The summed E-state index contributed by atoms with van der Waals surface area (Å²) in [6, 6.07) is 0. The molecule has 0 aromatic rings. The Balaban J connectivity index is 2.31. The molecule has 7 heteroatoms. The van der Waals surface area contributed by atoms with Gasteiger partial charge in [0.25, 0.3) is 0 Å². The van der Waals surface area contributed by atoms with E-state index < -0.39 is 0 Å². The van der Waals surface area contributed by atoms with Gasteiger partial charge < -0.3 is 15.0 Å². The smallest absolute Gasteiger partial charge is 0.244 e. The van der Waals surface area contributed by atoms with E-state index in [2.05, 4.69) is 15.7 Å². The third kappa shape index (κ3) is 5.33. The molecule has 0 saturated carbocycles. The van der Waals surface area contributed by atoms with Gasteiger partial charge in [-0.3, -0.25) is 10.2 Å². The quantitative estimate of drug-likeness (QED) is 0.194. The van der Waals surface area contributed by atoms with Crippen molar-refractivity contribution in [3.63, 3.8) is 0 Å². The Hall–Kier alpha value is -1.34. The number of amides is 1. The van der Waals surface area contributed by atoms with Crippen LogP contribution in [0.3, 0.4) is 0 Å². The van der Waals surface area contributed by atoms with Gasteiger partial charge in [-0.05, 0) is 19.3 Å². The van der Waals surface area contributed by atoms with Gasteiger partial charge in [-0.15, -0.1) is 0 Å². The number of hydrogen-bond acceptors (Lipinski definition) is 4. The van der Waals surface area contributed by atoms with Gasteiger partial charge >= 0.3 is 0 Å². The normalized spacial score (nSPS) is 16.6. The molecule has 4 N–H and O–H groups in total. The van der Waals surface area contributed by atoms with Crippen molar-refractivity contribution >= 4 is 11.9 Å². The number of guanidine groups is 1. The van der Waals surface area contributed by atoms with Crippen LogP contribution in [0.1, 0.15) is 19.3 Å². The Bertz CT molecular complexity index is 277. The van der Waals surface area contributed by atoms with Gasteiger partial charge in [-0.1, -0.05) is 0 Å². The molecule has 1 fully saturated rings. The molecule has 0 aliphatic carbocycles. The van der Waals surface area contributed by atoms with E-state index in [9.17, 15) is 4.79 Å². The number of nitrogens with two attached hydrogens (primary N) is 1. The maximum absolute atomic E-state index is 11.8. The zero-order chi connectivity index (χ0) is 13.2. The van der Waals surface area contributed by atoms with E-state index in [4.69, 9.17) is 10.6 Å². The number of aliphatic imine (C=N–C) groups is 1. The predicted octanol–water partition coefficient (Wildman–Crippen LogP) is -0.946. The highest BCUT2D eigenvalue weighted by molar-refractivity contribution is 5.84. The minimum atomic E-state index is 0.0518. The third-order valence-corrected chi connectivity index (χ3v) is 2.82. The summed E-state index contributed by atoms with van der Waals surface area (Å²) in [6.07, 6.45) is 3.38. The number of nitrogens with one attached hydrogen (secondary N) is 2. The number of hydrazine groups is 1. The third-order valence-electron chi connectivity index (χ3n) is 2.82. The largest absolute Gasteiger partial charge is 0.383 e. The minimum Gasteiger partial charge on any atom is -0.383 e. The van der Waals surface area contributed by atoms with Crippen LogP contribution in [0, 0.1) is 0 Å². The van der Waals surface area contributed by atoms with Crippen molar-refractivity contribution in [2.24, 2.45) is 10.8 Å². The van der Waals surface area contributed by atoms with Crippen molar-refractivity contribution in [2.75, 3.05) is 39.9 Å². The zero-order valence-corrected chi connectivity index (χ0v) is 10.9. The number of nitrogens with zero attached hydrogens (tertiary/aromatic N) is 2. The topological polar surface area (TPSA) is 92.0 Å². The molecule has 7 nitrogen and oxygen atoms in total. The van der Waals surface area contributed by atoms with Crippen molar-refractivity contribution in [3.8, 4) is 0 Å². The van der Waals surface area contributed by atoms with Crippen LogP contribution in [0.5, 0.6) is 0 Å². The van der Waals surface area contributed by atoms with E-state index in [1.807, 2.05) is 4.90 Å². The lowest BCUT2D eigenvalue weighted by molar-refractivity contribution is -0.130. The first-order valence-electron chi connectivity index (χ1n) is 6.29. The predicted molar refractivity (Wildman–Crippen MR) is 69.9 cm³/mol. The van der Waals surface area contributed by atoms with Crippen LogP contribution in [-0.4, -0.2) is 56.7 Å². The van der Waals surface area contributed by atoms with E-state index in [-0.39, 0.29) is 12.5 Å². The summed E-state index contributed by atoms with van der Waals surface area (Å²) in [6.45, 7) is 2.96. The molecule has 0 radical (unpaired) electrons. The number of likely N-dealkylation sites (tertiary alicyclic amines) is 1. The van der Waals surface area contributed by atoms with Crippen molar-refractivity contribution in [1.29, 1.82) is 0 Å². The summed E-state index contributed by atoms with van der Waals surface area (Å²) in [5.74, 6) is 5.78. The molecule has 0 spiro atoms. The molecule has 1 rings (SSSR count). The average molecular weight is 257 g/mol. The van der Waals surface area contributed by atoms with Gasteiger partial charge in [0.05, 0.1) is 6.61 Å². The molecule has 0 aromatic carbocycles. The van der Waals surface area contributed by atoms with Gasteiger partial charge in [-0.2, -0.15) is 0 Å². The maximum Gasteiger partial charge on any atom is 0.244 e. The standard InChI is InChI=1S/C11H23N5O2/c1-18-8-5-13-11(15-12)14-9-10(17)16-6-3-2-4-7-16/h2-9,12H2,1H3,(H2,13,14,15). The molecule has 18 heavy (non-hydrogen) atoms. The molecule has 1 saturated heterocycles. The number of carbonyl (C=O) groups excluding carboxylic acids is 1. The highest BCUT2D eigenvalue weighted by atomic mass is 16.5. The fourth-order valence-electron chi connectivity index (χ4n) is 1.81. The van der Waals surface area contributed by atoms with Crippen LogP contribution in [0.2, 0.25) is 0 Å². The minimum absolute atomic E-state index is 0.0518. The highest BCUT2D eigenvalue weighted by Crippen LogP contribution is 2.08. The van der Waals surface area contributed by atoms with Crippen molar-refractivity contribution < 1.29 is 9.53 Å². The Morgan fingerprint density at radius 1 is 1.39 bits per heavy atom. The van der Waals surface area contributed by atoms with Gasteiger partial charge in [0, 0.05) is 26.7 Å². The summed E-state index contributed by atoms with van der Waals surface area (Å²) >= 11 is 0. The molecule has 1 amide bonds. The number of rotatable bonds is 5. The zero-order valence-electron chi connectivity index (χ0n) is 10.9. The Kier molecular flexibility index (Phi) is 7.12. The molecule has 1 heterocycles. The second-order valence-corrected chi connectivity index (χ2v) is 4.17. The van der Waals surface area contributed by atoms with E-state index in [1.165, 1.54) is 6.42 Å². The summed E-state index contributed by atoms with van der Waals surface area (Å²) in [5, 5.41) is 2.95. The fourth-order valence-corrected chi connectivity index (χ4v) is 1.81. The number of carbonyl (C=O) groups is 1. The number of methoxy groups -OCH3 is 1. The first-order valence-corrected chi connectivity index (χ1v) is 6.29. The van der Waals surface area contributed by atoms with E-state index in [1.54, 1.807) is 7.11 Å². The monoisotopic (exact) mass is 257 g/mol. The molecule has 0 atom stereocenters. The lowest BCUT2D eigenvalue weighted by Crippen LogP contribution is -2.44. The molecule has 0 unspecified atom stereocenters. The van der Waals surface area contributed by atoms with E-state index in [0.717, 1.165) is 25.9 Å². The lowest BCUT2D eigenvalue weighted by atomic mass is 10.1. The molecule has 0 bridgehead atoms. The van der Waals surface area contributed by atoms with Crippen molar-refractivity contribution in [2.45, 2.75) is 19.3 Å². The second-order valence-electron chi connectivity index (χ2n) is 4.17. The maximum atomic E-state index is 11.8. The van der Waals surface area contributed by atoms with E-state index >= 15 is 0 Å². The molecular formula is C11H23N5O2. The van der Waals surface area contributed by atoms with Crippen LogP contribution in [0.25, 0.3) is 0 Å². The van der Waals surface area contributed by atoms with Crippen LogP contribution < -0.4 is 16.6 Å². The number of hydrogen-bond donors (Lipinski definition) is 3. The second kappa shape index (κ2) is 8.71. The van der Waals surface area contributed by atoms with Gasteiger partial charge in [0.15, 0.2) is 0 Å². The Labute approximate surface area is 108 Å². The van der Waals surface area contributed by atoms with Crippen LogP contribution in [-0.2, 0) is 9.53 Å². The summed E-state index contributed by atoms with van der Waals surface area (Å²) in [5.41, 5.74) is 2.43. The van der Waals surface area contributed by atoms with Gasteiger partial charge in [0.2, 0.25) is 11.9 Å². The van der Waals surface area contributed by atoms with Crippen LogP contribution in [0.15, 0.2) is 4.99 Å². The Morgan fingerprint density at radius 3 is 2.72 bits per heavy atom. The van der Waals surface area contributed by atoms with Crippen molar-refractivity contribution in [1.82, 2.24) is 15.6 Å². The van der Waals surface area contributed by atoms with Gasteiger partial charge in [0.1, 0.15) is 6.54 Å². The summed E-state index contributed by atoms with van der Waals surface area (Å²) < 4.78 is 4.90. The summed E-state index contributed by atoms with van der Waals surface area (Å²) in [4.78, 5) is 17.8. The highest BCUT2D eigenvalue weighted by Gasteiger charge is 2.15. The fraction of sp³-hybridized carbons (Fsp3) is 0.818. The first kappa shape index (κ1) is 14.7. The van der Waals surface area contributed by atoms with Crippen molar-refractivity contribution in [3.05, 3.63) is 0 Å². The molecule has 1 aliphatic rings. The molecular weight excluding hydrogens is 234 g/mol. The first-order chi connectivity index (χ1) is 8.77. The molecule has 0 aromatic heterocycles. The summed E-state index contributed by atoms with van der Waals surface area (Å²) in [7, 11) is 1.62. The molecule has 1 aliphatic heterocycles. The van der Waals surface area contributed by atoms with E-state index in [0.29, 0.717) is 19.1 Å². The number of piperidine rings is 1. The Morgan fingerprint density at radius 2 is 2.11 bits per heavy atom. The SMILES string of the molecule is COCCNC(=NCC(=O)N1CCCCC1)NN. The lowest BCUT2D eigenvalue weighted by Gasteiger charge is -2.26. The van der Waals surface area contributed by atoms with Gasteiger partial charge in [-0.25, -0.2) is 10.8 Å².